The maximum atomic E-state index is 12.7. The number of amides is 3. The van der Waals surface area contributed by atoms with E-state index in [0.29, 0.717) is 16.7 Å². The van der Waals surface area contributed by atoms with Crippen molar-refractivity contribution in [1.29, 1.82) is 0 Å². The lowest BCUT2D eigenvalue weighted by Gasteiger charge is -2.20. The number of urea groups is 1. The topological polar surface area (TPSA) is 105 Å². The van der Waals surface area contributed by atoms with Gasteiger partial charge in [-0.3, -0.25) is 15.1 Å². The number of fused-ring (bicyclic) bond motifs is 2. The van der Waals surface area contributed by atoms with Crippen molar-refractivity contribution in [3.63, 3.8) is 0 Å². The summed E-state index contributed by atoms with van der Waals surface area (Å²) in [6, 6.07) is 14.1. The van der Waals surface area contributed by atoms with Crippen LogP contribution in [-0.4, -0.2) is 39.2 Å². The summed E-state index contributed by atoms with van der Waals surface area (Å²) in [7, 11) is 1.54. The first-order valence-electron chi connectivity index (χ1n) is 9.85. The predicted molar refractivity (Wildman–Crippen MR) is 118 cm³/mol. The first-order chi connectivity index (χ1) is 15.5. The number of hydrogen-bond donors (Lipinski definition) is 3. The lowest BCUT2D eigenvalue weighted by Crippen LogP contribution is -2.49. The van der Waals surface area contributed by atoms with Gasteiger partial charge in [-0.05, 0) is 30.3 Å². The van der Waals surface area contributed by atoms with E-state index in [4.69, 9.17) is 4.74 Å². The van der Waals surface area contributed by atoms with E-state index in [-0.39, 0.29) is 12.4 Å². The third-order valence-electron chi connectivity index (χ3n) is 5.43. The number of imide groups is 1. The van der Waals surface area contributed by atoms with Crippen LogP contribution in [0.15, 0.2) is 60.9 Å². The molecular formula is C24H18N4O4. The third-order valence-corrected chi connectivity index (χ3v) is 5.43. The Balaban J connectivity index is 1.56. The average molecular weight is 426 g/mol. The molecule has 1 atom stereocenters. The number of ether oxygens (including phenoxy) is 1. The molecule has 1 fully saturated rings. The van der Waals surface area contributed by atoms with Crippen LogP contribution in [0, 0.1) is 11.8 Å². The molecule has 2 aromatic carbocycles. The molecule has 32 heavy (non-hydrogen) atoms. The molecule has 0 bridgehead atoms. The molecule has 0 saturated carbocycles. The Labute approximate surface area is 182 Å². The van der Waals surface area contributed by atoms with Crippen molar-refractivity contribution in [3.05, 3.63) is 66.5 Å². The SMILES string of the molecule is COc1ccc2cn(C[C@@]3(C#Cc4cnc5ccccc5c4)NC(=O)NC3=O)c(O)c2c1. The van der Waals surface area contributed by atoms with E-state index in [1.807, 2.05) is 30.3 Å². The number of rotatable bonds is 3. The highest BCUT2D eigenvalue weighted by atomic mass is 16.5. The van der Waals surface area contributed by atoms with Crippen LogP contribution < -0.4 is 15.4 Å². The second kappa shape index (κ2) is 7.32. The van der Waals surface area contributed by atoms with E-state index in [9.17, 15) is 14.7 Å². The molecule has 3 N–H and O–H groups in total. The number of hydrogen-bond acceptors (Lipinski definition) is 5. The molecule has 2 aromatic heterocycles. The Kier molecular flexibility index (Phi) is 4.45. The van der Waals surface area contributed by atoms with Gasteiger partial charge in [-0.25, -0.2) is 4.79 Å². The Morgan fingerprint density at radius 2 is 2.00 bits per heavy atom. The highest BCUT2D eigenvalue weighted by molar-refractivity contribution is 6.09. The number of nitrogens with zero attached hydrogens (tertiary/aromatic N) is 2. The van der Waals surface area contributed by atoms with E-state index in [1.165, 1.54) is 4.57 Å². The fourth-order valence-electron chi connectivity index (χ4n) is 3.78. The number of carbonyl (C=O) groups excluding carboxylic acids is 2. The van der Waals surface area contributed by atoms with Crippen LogP contribution in [0.5, 0.6) is 11.6 Å². The van der Waals surface area contributed by atoms with Gasteiger partial charge in [0.25, 0.3) is 5.91 Å². The van der Waals surface area contributed by atoms with E-state index in [0.717, 1.165) is 16.3 Å². The fraction of sp³-hybridized carbons (Fsp3) is 0.125. The van der Waals surface area contributed by atoms with E-state index >= 15 is 0 Å². The summed E-state index contributed by atoms with van der Waals surface area (Å²) in [6.07, 6.45) is 3.31. The summed E-state index contributed by atoms with van der Waals surface area (Å²) < 4.78 is 6.71. The molecule has 1 saturated heterocycles. The van der Waals surface area contributed by atoms with E-state index < -0.39 is 17.5 Å². The molecule has 3 heterocycles. The van der Waals surface area contributed by atoms with Crippen molar-refractivity contribution >= 4 is 33.6 Å². The number of nitrogens with one attached hydrogen (secondary N) is 2. The molecule has 5 rings (SSSR count). The molecule has 158 valence electrons. The van der Waals surface area contributed by atoms with Gasteiger partial charge < -0.3 is 19.7 Å². The lowest BCUT2D eigenvalue weighted by molar-refractivity contribution is -0.122. The molecule has 4 aromatic rings. The van der Waals surface area contributed by atoms with Gasteiger partial charge in [0.05, 0.1) is 19.2 Å². The number of pyridine rings is 1. The summed E-state index contributed by atoms with van der Waals surface area (Å²) >= 11 is 0. The average Bonchev–Trinajstić information content (AvgIpc) is 3.26. The first-order valence-corrected chi connectivity index (χ1v) is 9.85. The second-order valence-corrected chi connectivity index (χ2v) is 7.51. The van der Waals surface area contributed by atoms with Crippen molar-refractivity contribution in [2.24, 2.45) is 0 Å². The highest BCUT2D eigenvalue weighted by Crippen LogP contribution is 2.32. The quantitative estimate of drug-likeness (QED) is 0.345. The molecule has 1 aliphatic heterocycles. The fourth-order valence-corrected chi connectivity index (χ4v) is 3.78. The summed E-state index contributed by atoms with van der Waals surface area (Å²) in [5, 5.41) is 17.8. The van der Waals surface area contributed by atoms with Crippen molar-refractivity contribution in [2.75, 3.05) is 7.11 Å². The standard InChI is InChI=1S/C24H18N4O4/c1-32-18-7-6-17-13-28(21(29)19(17)11-18)14-24(22(30)26-23(31)27-24)9-8-15-10-16-4-2-3-5-20(16)25-12-15/h2-7,10-13,29H,14H2,1H3,(H2,26,27,30,31)/t24-/m1/s1. The summed E-state index contributed by atoms with van der Waals surface area (Å²) in [5.74, 6) is 5.82. The van der Waals surface area contributed by atoms with Gasteiger partial charge in [0.15, 0.2) is 5.88 Å². The molecule has 8 heteroatoms. The number of aromatic hydroxyl groups is 1. The van der Waals surface area contributed by atoms with Crippen molar-refractivity contribution in [3.8, 4) is 23.5 Å². The minimum absolute atomic E-state index is 0.0543. The van der Waals surface area contributed by atoms with Crippen LogP contribution in [0.4, 0.5) is 4.79 Å². The lowest BCUT2D eigenvalue weighted by atomic mass is 10.00. The van der Waals surface area contributed by atoms with Gasteiger partial charge in [0, 0.05) is 34.1 Å². The van der Waals surface area contributed by atoms with Crippen LogP contribution >= 0.6 is 0 Å². The van der Waals surface area contributed by atoms with Crippen LogP contribution in [0.25, 0.3) is 21.7 Å². The Bertz CT molecular complexity index is 1460. The number of benzene rings is 2. The molecule has 0 unspecified atom stereocenters. The first kappa shape index (κ1) is 19.5. The Morgan fingerprint density at radius 3 is 2.78 bits per heavy atom. The van der Waals surface area contributed by atoms with Crippen LogP contribution in [-0.2, 0) is 11.3 Å². The predicted octanol–water partition coefficient (Wildman–Crippen LogP) is 2.53. The van der Waals surface area contributed by atoms with Crippen molar-refractivity contribution in [1.82, 2.24) is 20.2 Å². The summed E-state index contributed by atoms with van der Waals surface area (Å²) in [5.41, 5.74) is -0.123. The van der Waals surface area contributed by atoms with Gasteiger partial charge in [-0.1, -0.05) is 30.0 Å². The van der Waals surface area contributed by atoms with Gasteiger partial charge >= 0.3 is 6.03 Å². The largest absolute Gasteiger partial charge is 0.497 e. The molecule has 0 spiro atoms. The number of methoxy groups -OCH3 is 1. The summed E-state index contributed by atoms with van der Waals surface area (Å²) in [6.45, 7) is -0.0819. The zero-order valence-electron chi connectivity index (χ0n) is 17.0. The molecule has 3 amide bonds. The van der Waals surface area contributed by atoms with Crippen molar-refractivity contribution in [2.45, 2.75) is 12.1 Å². The van der Waals surface area contributed by atoms with Gasteiger partial charge in [-0.2, -0.15) is 0 Å². The molecular weight excluding hydrogens is 408 g/mol. The van der Waals surface area contributed by atoms with E-state index in [2.05, 4.69) is 27.5 Å². The maximum Gasteiger partial charge on any atom is 0.323 e. The second-order valence-electron chi connectivity index (χ2n) is 7.51. The van der Waals surface area contributed by atoms with Gasteiger partial charge in [-0.15, -0.1) is 0 Å². The zero-order valence-corrected chi connectivity index (χ0v) is 17.0. The minimum atomic E-state index is -1.56. The Morgan fingerprint density at radius 1 is 1.16 bits per heavy atom. The normalized spacial score (nSPS) is 17.7. The molecule has 1 aliphatic rings. The van der Waals surface area contributed by atoms with Crippen LogP contribution in [0.1, 0.15) is 5.56 Å². The molecule has 8 nitrogen and oxygen atoms in total. The minimum Gasteiger partial charge on any atom is -0.497 e. The van der Waals surface area contributed by atoms with Gasteiger partial charge in [0.2, 0.25) is 5.54 Å². The third kappa shape index (κ3) is 3.26. The zero-order chi connectivity index (χ0) is 22.3. The maximum absolute atomic E-state index is 12.7. The number of para-hydroxylation sites is 1. The number of aromatic nitrogens is 2. The number of carbonyl (C=O) groups is 2. The monoisotopic (exact) mass is 426 g/mol. The Hall–Kier alpha value is -4.51. The molecule has 0 aliphatic carbocycles. The van der Waals surface area contributed by atoms with E-state index in [1.54, 1.807) is 37.7 Å². The smallest absolute Gasteiger partial charge is 0.323 e. The molecule has 0 radical (unpaired) electrons. The van der Waals surface area contributed by atoms with Crippen LogP contribution in [0.2, 0.25) is 0 Å². The van der Waals surface area contributed by atoms with Crippen molar-refractivity contribution < 1.29 is 19.4 Å². The van der Waals surface area contributed by atoms with Gasteiger partial charge in [0.1, 0.15) is 5.75 Å². The summed E-state index contributed by atoms with van der Waals surface area (Å²) in [4.78, 5) is 29.1. The highest BCUT2D eigenvalue weighted by Gasteiger charge is 2.46. The van der Waals surface area contributed by atoms with Crippen LogP contribution in [0.3, 0.4) is 0 Å².